The molecule has 0 aliphatic heterocycles. The third kappa shape index (κ3) is 2.61. The quantitative estimate of drug-likeness (QED) is 0.839. The average Bonchev–Trinajstić information content (AvgIpc) is 2.31. The van der Waals surface area contributed by atoms with Gasteiger partial charge >= 0.3 is 0 Å². The van der Waals surface area contributed by atoms with E-state index in [9.17, 15) is 4.39 Å². The van der Waals surface area contributed by atoms with Crippen LogP contribution in [0.25, 0.3) is 11.3 Å². The SMILES string of the molecule is CCc1nc(=S)cc(-c2cccc(Br)c2F)[nH]1. The second kappa shape index (κ2) is 5.06. The van der Waals surface area contributed by atoms with E-state index in [-0.39, 0.29) is 5.82 Å². The van der Waals surface area contributed by atoms with E-state index in [2.05, 4.69) is 25.9 Å². The summed E-state index contributed by atoms with van der Waals surface area (Å²) in [6, 6.07) is 6.82. The smallest absolute Gasteiger partial charge is 0.146 e. The molecule has 0 aliphatic rings. The maximum absolute atomic E-state index is 13.9. The van der Waals surface area contributed by atoms with Crippen molar-refractivity contribution in [3.63, 3.8) is 0 Å². The third-order valence-corrected chi connectivity index (χ3v) is 3.19. The van der Waals surface area contributed by atoms with E-state index in [4.69, 9.17) is 12.2 Å². The first kappa shape index (κ1) is 12.4. The van der Waals surface area contributed by atoms with E-state index < -0.39 is 0 Å². The number of nitrogens with zero attached hydrogens (tertiary/aromatic N) is 1. The molecule has 0 atom stereocenters. The highest BCUT2D eigenvalue weighted by Gasteiger charge is 2.09. The highest BCUT2D eigenvalue weighted by molar-refractivity contribution is 9.10. The van der Waals surface area contributed by atoms with Crippen LogP contribution >= 0.6 is 28.1 Å². The summed E-state index contributed by atoms with van der Waals surface area (Å²) in [6.07, 6.45) is 0.729. The van der Waals surface area contributed by atoms with Gasteiger partial charge in [-0.1, -0.05) is 25.2 Å². The summed E-state index contributed by atoms with van der Waals surface area (Å²) >= 11 is 8.23. The Kier molecular flexibility index (Phi) is 3.69. The zero-order valence-corrected chi connectivity index (χ0v) is 11.5. The number of hydrogen-bond acceptors (Lipinski definition) is 2. The first-order chi connectivity index (χ1) is 8.11. The lowest BCUT2D eigenvalue weighted by Gasteiger charge is -2.06. The Balaban J connectivity index is 2.64. The number of rotatable bonds is 2. The molecule has 1 aromatic heterocycles. The first-order valence-electron chi connectivity index (χ1n) is 5.16. The lowest BCUT2D eigenvalue weighted by molar-refractivity contribution is 0.624. The molecule has 1 heterocycles. The molecular formula is C12H10BrFN2S. The van der Waals surface area contributed by atoms with Crippen molar-refractivity contribution in [2.45, 2.75) is 13.3 Å². The lowest BCUT2D eigenvalue weighted by atomic mass is 10.1. The molecule has 0 amide bonds. The number of hydrogen-bond donors (Lipinski definition) is 1. The van der Waals surface area contributed by atoms with Gasteiger partial charge in [0.2, 0.25) is 0 Å². The highest BCUT2D eigenvalue weighted by Crippen LogP contribution is 2.26. The van der Waals surface area contributed by atoms with E-state index in [1.165, 1.54) is 0 Å². The van der Waals surface area contributed by atoms with Gasteiger partial charge in [-0.05, 0) is 34.1 Å². The predicted molar refractivity (Wildman–Crippen MR) is 71.9 cm³/mol. The normalized spacial score (nSPS) is 10.5. The summed E-state index contributed by atoms with van der Waals surface area (Å²) in [5, 5.41) is 0. The van der Waals surface area contributed by atoms with Crippen LogP contribution in [0.5, 0.6) is 0 Å². The Labute approximate surface area is 112 Å². The van der Waals surface area contributed by atoms with Gasteiger partial charge in [0.25, 0.3) is 0 Å². The molecule has 1 N–H and O–H groups in total. The molecule has 5 heteroatoms. The minimum absolute atomic E-state index is 0.300. The van der Waals surface area contributed by atoms with Crippen LogP contribution in [0.4, 0.5) is 4.39 Å². The van der Waals surface area contributed by atoms with Crippen LogP contribution in [0.3, 0.4) is 0 Å². The van der Waals surface area contributed by atoms with Crippen LogP contribution in [-0.2, 0) is 6.42 Å². The number of benzene rings is 1. The topological polar surface area (TPSA) is 28.7 Å². The Morgan fingerprint density at radius 1 is 1.47 bits per heavy atom. The van der Waals surface area contributed by atoms with Crippen LogP contribution in [0.1, 0.15) is 12.7 Å². The number of H-pyrrole nitrogens is 1. The van der Waals surface area contributed by atoms with Gasteiger partial charge in [-0.3, -0.25) is 0 Å². The van der Waals surface area contributed by atoms with Gasteiger partial charge in [-0.2, -0.15) is 0 Å². The number of aryl methyl sites for hydroxylation is 1. The average molecular weight is 313 g/mol. The Bertz CT molecular complexity index is 610. The molecule has 0 saturated carbocycles. The molecule has 0 aliphatic carbocycles. The van der Waals surface area contributed by atoms with E-state index in [1.54, 1.807) is 24.3 Å². The Morgan fingerprint density at radius 2 is 2.24 bits per heavy atom. The van der Waals surface area contributed by atoms with Crippen molar-refractivity contribution in [1.29, 1.82) is 0 Å². The van der Waals surface area contributed by atoms with Crippen molar-refractivity contribution in [2.75, 3.05) is 0 Å². The van der Waals surface area contributed by atoms with Gasteiger partial charge in [0, 0.05) is 12.0 Å². The van der Waals surface area contributed by atoms with E-state index in [0.29, 0.717) is 20.4 Å². The van der Waals surface area contributed by atoms with Crippen LogP contribution in [0.15, 0.2) is 28.7 Å². The molecule has 2 rings (SSSR count). The summed E-state index contributed by atoms with van der Waals surface area (Å²) in [5.41, 5.74) is 1.14. The minimum atomic E-state index is -0.300. The number of aromatic amines is 1. The van der Waals surface area contributed by atoms with E-state index >= 15 is 0 Å². The molecule has 17 heavy (non-hydrogen) atoms. The van der Waals surface area contributed by atoms with E-state index in [1.807, 2.05) is 6.92 Å². The Morgan fingerprint density at radius 3 is 2.94 bits per heavy atom. The summed E-state index contributed by atoms with van der Waals surface area (Å²) in [7, 11) is 0. The maximum atomic E-state index is 13.9. The van der Waals surface area contributed by atoms with Crippen LogP contribution in [-0.4, -0.2) is 9.97 Å². The monoisotopic (exact) mass is 312 g/mol. The van der Waals surface area contributed by atoms with E-state index in [0.717, 1.165) is 12.2 Å². The van der Waals surface area contributed by atoms with Gasteiger partial charge in [-0.15, -0.1) is 0 Å². The van der Waals surface area contributed by atoms with Crippen LogP contribution < -0.4 is 0 Å². The molecule has 0 saturated heterocycles. The fourth-order valence-corrected chi connectivity index (χ4v) is 2.13. The number of nitrogens with one attached hydrogen (secondary N) is 1. The molecule has 0 spiro atoms. The minimum Gasteiger partial charge on any atom is -0.343 e. The molecule has 2 aromatic rings. The molecule has 0 bridgehead atoms. The molecular weight excluding hydrogens is 303 g/mol. The largest absolute Gasteiger partial charge is 0.343 e. The highest BCUT2D eigenvalue weighted by atomic mass is 79.9. The van der Waals surface area contributed by atoms with Crippen LogP contribution in [0, 0.1) is 10.5 Å². The predicted octanol–water partition coefficient (Wildman–Crippen LogP) is 4.27. The van der Waals surface area contributed by atoms with Crippen molar-refractivity contribution >= 4 is 28.1 Å². The lowest BCUT2D eigenvalue weighted by Crippen LogP contribution is -1.97. The zero-order chi connectivity index (χ0) is 12.4. The maximum Gasteiger partial charge on any atom is 0.146 e. The van der Waals surface area contributed by atoms with Crippen molar-refractivity contribution in [1.82, 2.24) is 9.97 Å². The van der Waals surface area contributed by atoms with Crippen molar-refractivity contribution in [2.24, 2.45) is 0 Å². The van der Waals surface area contributed by atoms with Crippen LogP contribution in [0.2, 0.25) is 0 Å². The van der Waals surface area contributed by atoms with Gasteiger partial charge < -0.3 is 4.98 Å². The fourth-order valence-electron chi connectivity index (χ4n) is 1.53. The summed E-state index contributed by atoms with van der Waals surface area (Å²) < 4.78 is 14.8. The fraction of sp³-hybridized carbons (Fsp3) is 0.167. The summed E-state index contributed by atoms with van der Waals surface area (Å²) in [6.45, 7) is 1.97. The van der Waals surface area contributed by atoms with Crippen molar-refractivity contribution in [3.05, 3.63) is 45.0 Å². The van der Waals surface area contributed by atoms with Gasteiger partial charge in [0.15, 0.2) is 0 Å². The number of halogens is 2. The molecule has 0 radical (unpaired) electrons. The zero-order valence-electron chi connectivity index (χ0n) is 9.13. The molecule has 0 fully saturated rings. The summed E-state index contributed by atoms with van der Waals surface area (Å²) in [4.78, 5) is 7.24. The van der Waals surface area contributed by atoms with Gasteiger partial charge in [0.05, 0.1) is 10.2 Å². The van der Waals surface area contributed by atoms with Gasteiger partial charge in [-0.25, -0.2) is 9.37 Å². The second-order valence-corrected chi connectivity index (χ2v) is 4.81. The first-order valence-corrected chi connectivity index (χ1v) is 6.36. The number of aromatic nitrogens is 2. The molecule has 2 nitrogen and oxygen atoms in total. The van der Waals surface area contributed by atoms with Crippen molar-refractivity contribution in [3.8, 4) is 11.3 Å². The standard InChI is InChI=1S/C12H10BrFN2S/c1-2-10-15-9(6-11(17)16-10)7-4-3-5-8(13)12(7)14/h3-6H,2H2,1H3,(H,15,16,17). The third-order valence-electron chi connectivity index (χ3n) is 2.37. The second-order valence-electron chi connectivity index (χ2n) is 3.53. The van der Waals surface area contributed by atoms with Gasteiger partial charge in [0.1, 0.15) is 16.3 Å². The molecule has 1 aromatic carbocycles. The Hall–Kier alpha value is -1.07. The van der Waals surface area contributed by atoms with Crippen molar-refractivity contribution < 1.29 is 4.39 Å². The molecule has 88 valence electrons. The molecule has 0 unspecified atom stereocenters. The summed E-state index contributed by atoms with van der Waals surface area (Å²) in [5.74, 6) is 0.457.